The molecule has 1 aromatic rings. The molecule has 1 heterocycles. The Balaban J connectivity index is 2.65. The van der Waals surface area contributed by atoms with E-state index in [0.717, 1.165) is 0 Å². The number of hydrogen-bond acceptors (Lipinski definition) is 6. The second-order valence-corrected chi connectivity index (χ2v) is 3.21. The van der Waals surface area contributed by atoms with E-state index in [2.05, 4.69) is 9.97 Å². The lowest BCUT2D eigenvalue weighted by molar-refractivity contribution is -0.490. The van der Waals surface area contributed by atoms with Crippen molar-refractivity contribution < 1.29 is 4.92 Å². The van der Waals surface area contributed by atoms with Gasteiger partial charge in [0.05, 0.1) is 11.3 Å². The molecule has 0 bridgehead atoms. The SMILES string of the molecule is N=C1c2c(nc(N)[nH]c2=O)C=CC1[N+](=O)[O-]. The monoisotopic (exact) mass is 221 g/mol. The van der Waals surface area contributed by atoms with Crippen LogP contribution in [0.2, 0.25) is 0 Å². The maximum absolute atomic E-state index is 11.5. The second-order valence-electron chi connectivity index (χ2n) is 3.21. The number of aromatic nitrogens is 2. The normalized spacial score (nSPS) is 18.2. The summed E-state index contributed by atoms with van der Waals surface area (Å²) in [6.45, 7) is 0. The average molecular weight is 221 g/mol. The van der Waals surface area contributed by atoms with E-state index in [0.29, 0.717) is 0 Å². The first-order valence-corrected chi connectivity index (χ1v) is 4.31. The third-order valence-electron chi connectivity index (χ3n) is 2.19. The number of nitrogens with one attached hydrogen (secondary N) is 2. The number of fused-ring (bicyclic) bond motifs is 1. The Morgan fingerprint density at radius 1 is 1.62 bits per heavy atom. The van der Waals surface area contributed by atoms with E-state index >= 15 is 0 Å². The van der Waals surface area contributed by atoms with E-state index in [9.17, 15) is 14.9 Å². The van der Waals surface area contributed by atoms with Crippen LogP contribution in [0.25, 0.3) is 6.08 Å². The lowest BCUT2D eigenvalue weighted by Crippen LogP contribution is -2.35. The molecule has 1 aliphatic carbocycles. The Morgan fingerprint density at radius 3 is 2.94 bits per heavy atom. The molecule has 0 amide bonds. The van der Waals surface area contributed by atoms with E-state index in [1.807, 2.05) is 0 Å². The number of rotatable bonds is 1. The van der Waals surface area contributed by atoms with Crippen molar-refractivity contribution in [1.29, 1.82) is 5.41 Å². The van der Waals surface area contributed by atoms with Gasteiger partial charge in [-0.1, -0.05) is 0 Å². The molecule has 0 fully saturated rings. The zero-order valence-corrected chi connectivity index (χ0v) is 7.93. The lowest BCUT2D eigenvalue weighted by Gasteiger charge is -2.13. The van der Waals surface area contributed by atoms with Crippen LogP contribution in [0.5, 0.6) is 0 Å². The number of aromatic amines is 1. The molecule has 0 saturated heterocycles. The summed E-state index contributed by atoms with van der Waals surface area (Å²) in [5.74, 6) is -0.0826. The summed E-state index contributed by atoms with van der Waals surface area (Å²) in [4.78, 5) is 27.5. The van der Waals surface area contributed by atoms with E-state index in [1.165, 1.54) is 12.2 Å². The highest BCUT2D eigenvalue weighted by molar-refractivity contribution is 6.06. The summed E-state index contributed by atoms with van der Waals surface area (Å²) in [6.07, 6.45) is 2.53. The van der Waals surface area contributed by atoms with Crippen LogP contribution >= 0.6 is 0 Å². The summed E-state index contributed by atoms with van der Waals surface area (Å²) < 4.78 is 0. The molecule has 0 spiro atoms. The standard InChI is InChI=1S/C8H7N5O3/c9-6-4(13(15)16)2-1-3-5(6)7(14)12-8(10)11-3/h1-2,4,9H,(H3,10,11,12,14). The molecule has 0 radical (unpaired) electrons. The van der Waals surface area contributed by atoms with Gasteiger partial charge in [0.2, 0.25) is 5.95 Å². The number of nitrogen functional groups attached to an aromatic ring is 1. The third-order valence-corrected chi connectivity index (χ3v) is 2.19. The summed E-state index contributed by atoms with van der Waals surface area (Å²) in [7, 11) is 0. The van der Waals surface area contributed by atoms with Gasteiger partial charge < -0.3 is 5.73 Å². The maximum Gasteiger partial charge on any atom is 0.273 e. The highest BCUT2D eigenvalue weighted by Gasteiger charge is 2.31. The average Bonchev–Trinajstić information content (AvgIpc) is 2.15. The smallest absolute Gasteiger partial charge is 0.273 e. The largest absolute Gasteiger partial charge is 0.369 e. The molecule has 0 aromatic carbocycles. The van der Waals surface area contributed by atoms with Crippen LogP contribution in [0.15, 0.2) is 10.9 Å². The zero-order chi connectivity index (χ0) is 11.9. The minimum Gasteiger partial charge on any atom is -0.369 e. The molecule has 0 saturated carbocycles. The van der Waals surface area contributed by atoms with Crippen LogP contribution in [-0.4, -0.2) is 26.6 Å². The van der Waals surface area contributed by atoms with Crippen molar-refractivity contribution in [2.24, 2.45) is 0 Å². The molecule has 0 aliphatic heterocycles. The van der Waals surface area contributed by atoms with Crippen LogP contribution in [-0.2, 0) is 0 Å². The fraction of sp³-hybridized carbons (Fsp3) is 0.125. The Kier molecular flexibility index (Phi) is 2.04. The molecule has 4 N–H and O–H groups in total. The van der Waals surface area contributed by atoms with Gasteiger partial charge in [0.1, 0.15) is 5.71 Å². The molecule has 1 aliphatic rings. The quantitative estimate of drug-likeness (QED) is 0.428. The summed E-state index contributed by atoms with van der Waals surface area (Å²) >= 11 is 0. The van der Waals surface area contributed by atoms with Crippen LogP contribution in [0.1, 0.15) is 11.3 Å². The second kappa shape index (κ2) is 3.26. The van der Waals surface area contributed by atoms with Crippen molar-refractivity contribution in [2.75, 3.05) is 5.73 Å². The number of anilines is 1. The van der Waals surface area contributed by atoms with Crippen molar-refractivity contribution in [1.82, 2.24) is 9.97 Å². The first kappa shape index (κ1) is 10.0. The Hall–Kier alpha value is -2.51. The predicted octanol–water partition coefficient (Wildman–Crippen LogP) is -0.608. The Bertz CT molecular complexity index is 574. The van der Waals surface area contributed by atoms with Crippen LogP contribution in [0, 0.1) is 15.5 Å². The fourth-order valence-electron chi connectivity index (χ4n) is 1.49. The Labute approximate surface area is 88.5 Å². The van der Waals surface area contributed by atoms with Gasteiger partial charge in [0.25, 0.3) is 11.6 Å². The van der Waals surface area contributed by atoms with Crippen molar-refractivity contribution in [2.45, 2.75) is 6.04 Å². The van der Waals surface area contributed by atoms with E-state index < -0.39 is 16.5 Å². The van der Waals surface area contributed by atoms with Gasteiger partial charge in [0, 0.05) is 4.92 Å². The van der Waals surface area contributed by atoms with Gasteiger partial charge in [-0.2, -0.15) is 0 Å². The van der Waals surface area contributed by atoms with Crippen LogP contribution in [0.4, 0.5) is 5.95 Å². The van der Waals surface area contributed by atoms with E-state index in [1.54, 1.807) is 0 Å². The minimum absolute atomic E-state index is 0.0826. The van der Waals surface area contributed by atoms with E-state index in [-0.39, 0.29) is 22.9 Å². The van der Waals surface area contributed by atoms with Gasteiger partial charge in [0.15, 0.2) is 0 Å². The number of nitrogens with zero attached hydrogens (tertiary/aromatic N) is 2. The van der Waals surface area contributed by atoms with Gasteiger partial charge >= 0.3 is 0 Å². The predicted molar refractivity (Wildman–Crippen MR) is 55.9 cm³/mol. The van der Waals surface area contributed by atoms with Crippen LogP contribution < -0.4 is 11.3 Å². The topological polar surface area (TPSA) is 139 Å². The highest BCUT2D eigenvalue weighted by atomic mass is 16.6. The number of nitrogens with two attached hydrogens (primary N) is 1. The lowest BCUT2D eigenvalue weighted by atomic mass is 9.97. The molecule has 8 heteroatoms. The van der Waals surface area contributed by atoms with Crippen molar-refractivity contribution >= 4 is 17.7 Å². The van der Waals surface area contributed by atoms with Gasteiger partial charge in [-0.15, -0.1) is 0 Å². The zero-order valence-electron chi connectivity index (χ0n) is 7.93. The summed E-state index contributed by atoms with van der Waals surface area (Å²) in [5.41, 5.74) is 4.39. The number of nitro groups is 1. The molecule has 8 nitrogen and oxygen atoms in total. The molecule has 82 valence electrons. The third kappa shape index (κ3) is 1.36. The first-order chi connectivity index (χ1) is 7.50. The molecular formula is C8H7N5O3. The number of H-pyrrole nitrogens is 1. The minimum atomic E-state index is -1.31. The van der Waals surface area contributed by atoms with E-state index in [4.69, 9.17) is 11.1 Å². The molecular weight excluding hydrogens is 214 g/mol. The molecule has 1 atom stereocenters. The molecule has 1 aromatic heterocycles. The van der Waals surface area contributed by atoms with Gasteiger partial charge in [-0.3, -0.25) is 25.3 Å². The summed E-state index contributed by atoms with van der Waals surface area (Å²) in [6, 6.07) is -1.31. The van der Waals surface area contributed by atoms with Crippen molar-refractivity contribution in [3.8, 4) is 0 Å². The fourth-order valence-corrected chi connectivity index (χ4v) is 1.49. The van der Waals surface area contributed by atoms with Crippen LogP contribution in [0.3, 0.4) is 0 Å². The maximum atomic E-state index is 11.5. The molecule has 16 heavy (non-hydrogen) atoms. The highest BCUT2D eigenvalue weighted by Crippen LogP contribution is 2.15. The van der Waals surface area contributed by atoms with Gasteiger partial charge in [-0.05, 0) is 12.2 Å². The Morgan fingerprint density at radius 2 is 2.31 bits per heavy atom. The number of hydrogen-bond donors (Lipinski definition) is 3. The van der Waals surface area contributed by atoms with Gasteiger partial charge in [-0.25, -0.2) is 4.98 Å². The molecule has 2 rings (SSSR count). The first-order valence-electron chi connectivity index (χ1n) is 4.31. The van der Waals surface area contributed by atoms with Crippen molar-refractivity contribution in [3.63, 3.8) is 0 Å². The van der Waals surface area contributed by atoms with Crippen molar-refractivity contribution in [3.05, 3.63) is 37.8 Å². The summed E-state index contributed by atoms with van der Waals surface area (Å²) in [5, 5.41) is 18.2. The molecule has 1 unspecified atom stereocenters.